The summed E-state index contributed by atoms with van der Waals surface area (Å²) in [6.07, 6.45) is 1.19. The molecule has 0 heterocycles. The molecule has 0 radical (unpaired) electrons. The maximum Gasteiger partial charge on any atom is 0.305 e. The Morgan fingerprint density at radius 1 is 1.04 bits per heavy atom. The lowest BCUT2D eigenvalue weighted by atomic mass is 10.0. The summed E-state index contributed by atoms with van der Waals surface area (Å²) in [6.45, 7) is 1.89. The van der Waals surface area contributed by atoms with Crippen molar-refractivity contribution in [3.05, 3.63) is 65.7 Å². The largest absolute Gasteiger partial charge is 0.469 e. The molecule has 0 aromatic heterocycles. The molecule has 2 aromatic carbocycles. The van der Waals surface area contributed by atoms with Crippen LogP contribution >= 0.6 is 0 Å². The number of ether oxygens (including phenoxy) is 1. The lowest BCUT2D eigenvalue weighted by Gasteiger charge is -2.09. The Balaban J connectivity index is 2.18. The summed E-state index contributed by atoms with van der Waals surface area (Å²) in [5.74, 6) is -0.308. The molecule has 2 aromatic rings. The summed E-state index contributed by atoms with van der Waals surface area (Å²) in [5.41, 5.74) is 2.33. The van der Waals surface area contributed by atoms with Crippen molar-refractivity contribution in [2.24, 2.45) is 5.10 Å². The molecule has 0 aliphatic carbocycles. The molecule has 0 unspecified atom stereocenters. The Kier molecular flexibility index (Phi) is 6.91. The van der Waals surface area contributed by atoms with Gasteiger partial charge in [0.05, 0.1) is 17.7 Å². The number of nitrogens with one attached hydrogen (secondary N) is 1. The van der Waals surface area contributed by atoms with Gasteiger partial charge in [-0.25, -0.2) is 0 Å². The smallest absolute Gasteiger partial charge is 0.305 e. The molecular formula is C19H22N2O4S. The lowest BCUT2D eigenvalue weighted by molar-refractivity contribution is -0.140. The first-order chi connectivity index (χ1) is 12.4. The maximum absolute atomic E-state index is 12.4. The molecule has 6 nitrogen and oxygen atoms in total. The number of sulfonamides is 1. The van der Waals surface area contributed by atoms with Gasteiger partial charge in [0, 0.05) is 6.42 Å². The molecule has 138 valence electrons. The summed E-state index contributed by atoms with van der Waals surface area (Å²) in [7, 11) is -2.42. The Labute approximate surface area is 153 Å². The first-order valence-electron chi connectivity index (χ1n) is 8.19. The highest BCUT2D eigenvalue weighted by Gasteiger charge is 2.14. The van der Waals surface area contributed by atoms with Gasteiger partial charge in [-0.1, -0.05) is 48.0 Å². The third kappa shape index (κ3) is 5.70. The monoisotopic (exact) mass is 374 g/mol. The molecule has 0 saturated carbocycles. The molecule has 26 heavy (non-hydrogen) atoms. The molecule has 0 saturated heterocycles. The molecule has 0 amide bonds. The van der Waals surface area contributed by atoms with E-state index in [1.54, 1.807) is 12.1 Å². The van der Waals surface area contributed by atoms with Crippen molar-refractivity contribution < 1.29 is 17.9 Å². The van der Waals surface area contributed by atoms with Crippen LogP contribution in [-0.4, -0.2) is 27.2 Å². The number of carbonyl (C=O) groups is 1. The van der Waals surface area contributed by atoms with Gasteiger partial charge in [-0.05, 0) is 37.5 Å². The molecule has 0 fully saturated rings. The van der Waals surface area contributed by atoms with Gasteiger partial charge >= 0.3 is 5.97 Å². The van der Waals surface area contributed by atoms with Crippen LogP contribution in [0.15, 0.2) is 64.6 Å². The summed E-state index contributed by atoms with van der Waals surface area (Å²) >= 11 is 0. The molecule has 7 heteroatoms. The molecule has 0 aliphatic heterocycles. The average molecular weight is 374 g/mol. The number of methoxy groups -OCH3 is 1. The minimum atomic E-state index is -3.76. The van der Waals surface area contributed by atoms with Crippen LogP contribution in [-0.2, 0) is 19.6 Å². The molecule has 0 atom stereocenters. The van der Waals surface area contributed by atoms with Crippen LogP contribution in [0.1, 0.15) is 30.4 Å². The highest BCUT2D eigenvalue weighted by atomic mass is 32.2. The van der Waals surface area contributed by atoms with Gasteiger partial charge in [0.2, 0.25) is 0 Å². The second-order valence-electron chi connectivity index (χ2n) is 5.76. The van der Waals surface area contributed by atoms with Crippen LogP contribution in [0.25, 0.3) is 0 Å². The zero-order valence-electron chi connectivity index (χ0n) is 14.8. The predicted molar refractivity (Wildman–Crippen MR) is 100 cm³/mol. The standard InChI is InChI=1S/C19H22N2O4S/c1-15-11-13-17(14-12-15)26(23,24)21-20-18(9-6-10-19(22)25-2)16-7-4-3-5-8-16/h3-5,7-8,11-14,21H,6,9-10H2,1-2H3. The van der Waals surface area contributed by atoms with E-state index in [1.807, 2.05) is 37.3 Å². The highest BCUT2D eigenvalue weighted by Crippen LogP contribution is 2.12. The van der Waals surface area contributed by atoms with Crippen molar-refractivity contribution in [3.8, 4) is 0 Å². The van der Waals surface area contributed by atoms with Gasteiger partial charge in [0.15, 0.2) is 0 Å². The maximum atomic E-state index is 12.4. The first-order valence-corrected chi connectivity index (χ1v) is 9.68. The van der Waals surface area contributed by atoms with E-state index in [4.69, 9.17) is 0 Å². The van der Waals surface area contributed by atoms with Gasteiger partial charge in [-0.15, -0.1) is 0 Å². The SMILES string of the molecule is COC(=O)CCCC(=NNS(=O)(=O)c1ccc(C)cc1)c1ccccc1. The third-order valence-corrected chi connectivity index (χ3v) is 4.99. The van der Waals surface area contributed by atoms with E-state index in [-0.39, 0.29) is 17.3 Å². The number of hydrogen-bond acceptors (Lipinski definition) is 5. The Bertz CT molecular complexity index is 860. The highest BCUT2D eigenvalue weighted by molar-refractivity contribution is 7.89. The Morgan fingerprint density at radius 2 is 1.69 bits per heavy atom. The van der Waals surface area contributed by atoms with Crippen molar-refractivity contribution in [2.75, 3.05) is 7.11 Å². The van der Waals surface area contributed by atoms with Crippen molar-refractivity contribution in [3.63, 3.8) is 0 Å². The summed E-state index contributed by atoms with van der Waals surface area (Å²) in [5, 5.41) is 4.11. The van der Waals surface area contributed by atoms with Gasteiger partial charge in [-0.2, -0.15) is 18.4 Å². The molecule has 0 spiro atoms. The van der Waals surface area contributed by atoms with Crippen molar-refractivity contribution >= 4 is 21.7 Å². The number of nitrogens with zero attached hydrogens (tertiary/aromatic N) is 1. The fourth-order valence-electron chi connectivity index (χ4n) is 2.28. The molecule has 2 rings (SSSR count). The van der Waals surface area contributed by atoms with Crippen molar-refractivity contribution in [1.82, 2.24) is 4.83 Å². The summed E-state index contributed by atoms with van der Waals surface area (Å²) in [6, 6.07) is 15.8. The topological polar surface area (TPSA) is 84.8 Å². The zero-order valence-corrected chi connectivity index (χ0v) is 15.6. The van der Waals surface area contributed by atoms with Gasteiger partial charge in [0.25, 0.3) is 10.0 Å². The van der Waals surface area contributed by atoms with E-state index in [9.17, 15) is 13.2 Å². The van der Waals surface area contributed by atoms with E-state index in [0.29, 0.717) is 18.6 Å². The second-order valence-corrected chi connectivity index (χ2v) is 7.42. The summed E-state index contributed by atoms with van der Waals surface area (Å²) in [4.78, 5) is 13.7. The predicted octanol–water partition coefficient (Wildman–Crippen LogP) is 3.02. The molecule has 0 aliphatic rings. The summed E-state index contributed by atoms with van der Waals surface area (Å²) < 4.78 is 29.5. The number of hydrogen-bond donors (Lipinski definition) is 1. The number of benzene rings is 2. The van der Waals surface area contributed by atoms with E-state index in [2.05, 4.69) is 14.7 Å². The van der Waals surface area contributed by atoms with E-state index < -0.39 is 10.0 Å². The minimum absolute atomic E-state index is 0.147. The lowest BCUT2D eigenvalue weighted by Crippen LogP contribution is -2.21. The third-order valence-electron chi connectivity index (χ3n) is 3.76. The fraction of sp³-hybridized carbons (Fsp3) is 0.263. The molecule has 0 bridgehead atoms. The van der Waals surface area contributed by atoms with E-state index in [0.717, 1.165) is 11.1 Å². The van der Waals surface area contributed by atoms with Crippen LogP contribution in [0.2, 0.25) is 0 Å². The number of aryl methyl sites for hydroxylation is 1. The van der Waals surface area contributed by atoms with Crippen LogP contribution in [0, 0.1) is 6.92 Å². The number of hydrazone groups is 1. The van der Waals surface area contributed by atoms with Crippen LogP contribution in [0.4, 0.5) is 0 Å². The zero-order chi connectivity index (χ0) is 19.0. The van der Waals surface area contributed by atoms with Crippen molar-refractivity contribution in [2.45, 2.75) is 31.1 Å². The first kappa shape index (κ1) is 19.7. The van der Waals surface area contributed by atoms with Gasteiger partial charge in [-0.3, -0.25) is 4.79 Å². The van der Waals surface area contributed by atoms with Crippen LogP contribution < -0.4 is 4.83 Å². The van der Waals surface area contributed by atoms with E-state index >= 15 is 0 Å². The van der Waals surface area contributed by atoms with Crippen molar-refractivity contribution in [1.29, 1.82) is 0 Å². The van der Waals surface area contributed by atoms with Crippen LogP contribution in [0.3, 0.4) is 0 Å². The minimum Gasteiger partial charge on any atom is -0.469 e. The fourth-order valence-corrected chi connectivity index (χ4v) is 3.11. The normalized spacial score (nSPS) is 11.8. The van der Waals surface area contributed by atoms with Gasteiger partial charge in [0.1, 0.15) is 0 Å². The molecule has 1 N–H and O–H groups in total. The van der Waals surface area contributed by atoms with E-state index in [1.165, 1.54) is 19.2 Å². The Hall–Kier alpha value is -2.67. The number of esters is 1. The van der Waals surface area contributed by atoms with Crippen LogP contribution in [0.5, 0.6) is 0 Å². The van der Waals surface area contributed by atoms with Gasteiger partial charge < -0.3 is 4.74 Å². The Morgan fingerprint density at radius 3 is 2.31 bits per heavy atom. The number of carbonyl (C=O) groups excluding carboxylic acids is 1. The second kappa shape index (κ2) is 9.15. The average Bonchev–Trinajstić information content (AvgIpc) is 2.65. The number of rotatable bonds is 8. The molecular weight excluding hydrogens is 352 g/mol. The quantitative estimate of drug-likeness (QED) is 0.437.